The van der Waals surface area contributed by atoms with Gasteiger partial charge in [0, 0.05) is 36.1 Å². The first-order valence-corrected chi connectivity index (χ1v) is 11.3. The first-order chi connectivity index (χ1) is 16.8. The van der Waals surface area contributed by atoms with Crippen LogP contribution in [-0.4, -0.2) is 43.8 Å². The lowest BCUT2D eigenvalue weighted by Gasteiger charge is -2.30. The number of halogens is 3. The van der Waals surface area contributed by atoms with Crippen LogP contribution < -0.4 is 15.0 Å². The summed E-state index contributed by atoms with van der Waals surface area (Å²) in [6.45, 7) is 6.95. The Bertz CT molecular complexity index is 1210. The standard InChI is InChI=1S/C26H26F3N3O3/c1-3-35-25-23(32-9-11-34-12-10-32)14-19(16-30-25)22-13-18(8-7-17(22)2)24(33)31-21-6-4-5-20(15-21)26(27,28)29/h4-8,13-16H,3,9-12H2,1-2H3,(H,31,33). The molecule has 3 aromatic rings. The topological polar surface area (TPSA) is 63.7 Å². The summed E-state index contributed by atoms with van der Waals surface area (Å²) < 4.78 is 50.3. The lowest BCUT2D eigenvalue weighted by atomic mass is 9.98. The summed E-state index contributed by atoms with van der Waals surface area (Å²) >= 11 is 0. The highest BCUT2D eigenvalue weighted by molar-refractivity contribution is 6.05. The predicted molar refractivity (Wildman–Crippen MR) is 128 cm³/mol. The van der Waals surface area contributed by atoms with E-state index in [-0.39, 0.29) is 5.69 Å². The number of rotatable bonds is 6. The molecule has 1 aromatic heterocycles. The number of alkyl halides is 3. The lowest BCUT2D eigenvalue weighted by Crippen LogP contribution is -2.36. The molecule has 1 N–H and O–H groups in total. The normalized spacial score (nSPS) is 14.0. The minimum atomic E-state index is -4.49. The molecule has 6 nitrogen and oxygen atoms in total. The molecule has 0 saturated carbocycles. The fourth-order valence-electron chi connectivity index (χ4n) is 3.92. The predicted octanol–water partition coefficient (Wildman–Crippen LogP) is 5.56. The van der Waals surface area contributed by atoms with Crippen LogP contribution in [0.25, 0.3) is 11.1 Å². The number of aryl methyl sites for hydroxylation is 1. The number of hydrogen-bond donors (Lipinski definition) is 1. The van der Waals surface area contributed by atoms with E-state index in [4.69, 9.17) is 9.47 Å². The highest BCUT2D eigenvalue weighted by Crippen LogP contribution is 2.34. The van der Waals surface area contributed by atoms with Gasteiger partial charge in [0.05, 0.1) is 25.4 Å². The summed E-state index contributed by atoms with van der Waals surface area (Å²) in [6.07, 6.45) is -2.79. The number of hydrogen-bond acceptors (Lipinski definition) is 5. The Labute approximate surface area is 201 Å². The summed E-state index contributed by atoms with van der Waals surface area (Å²) in [5.41, 5.74) is 2.96. The molecular weight excluding hydrogens is 459 g/mol. The molecule has 0 spiro atoms. The van der Waals surface area contributed by atoms with Crippen molar-refractivity contribution in [1.82, 2.24) is 4.98 Å². The number of ether oxygens (including phenoxy) is 2. The van der Waals surface area contributed by atoms with Gasteiger partial charge in [0.25, 0.3) is 5.91 Å². The Kier molecular flexibility index (Phi) is 7.25. The second kappa shape index (κ2) is 10.4. The van der Waals surface area contributed by atoms with Crippen molar-refractivity contribution in [3.8, 4) is 17.0 Å². The number of anilines is 2. The van der Waals surface area contributed by atoms with Crippen molar-refractivity contribution in [2.75, 3.05) is 43.1 Å². The Balaban J connectivity index is 1.64. The van der Waals surface area contributed by atoms with Crippen molar-refractivity contribution in [3.63, 3.8) is 0 Å². The van der Waals surface area contributed by atoms with E-state index in [1.165, 1.54) is 12.1 Å². The van der Waals surface area contributed by atoms with E-state index in [0.29, 0.717) is 44.4 Å². The number of morpholine rings is 1. The molecule has 1 amide bonds. The SMILES string of the molecule is CCOc1ncc(-c2cc(C(=O)Nc3cccc(C(F)(F)F)c3)ccc2C)cc1N1CCOCC1. The summed E-state index contributed by atoms with van der Waals surface area (Å²) in [6, 6.07) is 11.7. The van der Waals surface area contributed by atoms with Gasteiger partial charge in [-0.05, 0) is 61.4 Å². The largest absolute Gasteiger partial charge is 0.476 e. The van der Waals surface area contributed by atoms with Gasteiger partial charge in [0.15, 0.2) is 0 Å². The zero-order valence-electron chi connectivity index (χ0n) is 19.5. The molecule has 0 atom stereocenters. The Morgan fingerprint density at radius 3 is 2.63 bits per heavy atom. The molecule has 2 heterocycles. The zero-order valence-corrected chi connectivity index (χ0v) is 19.5. The average molecular weight is 486 g/mol. The molecule has 35 heavy (non-hydrogen) atoms. The monoisotopic (exact) mass is 485 g/mol. The van der Waals surface area contributed by atoms with Crippen molar-refractivity contribution in [3.05, 3.63) is 71.4 Å². The second-order valence-corrected chi connectivity index (χ2v) is 8.14. The molecule has 0 aliphatic carbocycles. The Hall–Kier alpha value is -3.59. The first kappa shape index (κ1) is 24.5. The molecule has 1 aliphatic rings. The molecule has 184 valence electrons. The molecule has 4 rings (SSSR count). The highest BCUT2D eigenvalue weighted by atomic mass is 19.4. The van der Waals surface area contributed by atoms with E-state index in [2.05, 4.69) is 15.2 Å². The van der Waals surface area contributed by atoms with Crippen LogP contribution in [0.15, 0.2) is 54.7 Å². The molecule has 0 radical (unpaired) electrons. The number of pyridine rings is 1. The summed E-state index contributed by atoms with van der Waals surface area (Å²) in [4.78, 5) is 19.6. The van der Waals surface area contributed by atoms with Gasteiger partial charge < -0.3 is 19.7 Å². The maximum Gasteiger partial charge on any atom is 0.416 e. The summed E-state index contributed by atoms with van der Waals surface area (Å²) in [7, 11) is 0. The van der Waals surface area contributed by atoms with E-state index in [9.17, 15) is 18.0 Å². The van der Waals surface area contributed by atoms with Gasteiger partial charge in [-0.3, -0.25) is 4.79 Å². The van der Waals surface area contributed by atoms with E-state index in [1.807, 2.05) is 19.9 Å². The number of nitrogens with zero attached hydrogens (tertiary/aromatic N) is 2. The van der Waals surface area contributed by atoms with Crippen LogP contribution in [-0.2, 0) is 10.9 Å². The van der Waals surface area contributed by atoms with Gasteiger partial charge in [-0.2, -0.15) is 13.2 Å². The van der Waals surface area contributed by atoms with E-state index >= 15 is 0 Å². The lowest BCUT2D eigenvalue weighted by molar-refractivity contribution is -0.137. The quantitative estimate of drug-likeness (QED) is 0.495. The Morgan fingerprint density at radius 2 is 1.91 bits per heavy atom. The molecule has 1 fully saturated rings. The maximum absolute atomic E-state index is 13.0. The average Bonchev–Trinajstić information content (AvgIpc) is 2.85. The van der Waals surface area contributed by atoms with Crippen LogP contribution in [0.2, 0.25) is 0 Å². The highest BCUT2D eigenvalue weighted by Gasteiger charge is 2.30. The summed E-state index contributed by atoms with van der Waals surface area (Å²) in [5, 5.41) is 2.56. The van der Waals surface area contributed by atoms with Crippen LogP contribution in [0, 0.1) is 6.92 Å². The minimum Gasteiger partial charge on any atom is -0.476 e. The fraction of sp³-hybridized carbons (Fsp3) is 0.308. The number of carbonyl (C=O) groups excluding carboxylic acids is 1. The van der Waals surface area contributed by atoms with Crippen molar-refractivity contribution in [1.29, 1.82) is 0 Å². The van der Waals surface area contributed by atoms with Crippen molar-refractivity contribution in [2.24, 2.45) is 0 Å². The molecule has 0 bridgehead atoms. The van der Waals surface area contributed by atoms with Crippen LogP contribution >= 0.6 is 0 Å². The fourth-order valence-corrected chi connectivity index (χ4v) is 3.92. The van der Waals surface area contributed by atoms with Crippen LogP contribution in [0.5, 0.6) is 5.88 Å². The molecule has 2 aromatic carbocycles. The number of amides is 1. The van der Waals surface area contributed by atoms with Gasteiger partial charge in [0.2, 0.25) is 5.88 Å². The summed E-state index contributed by atoms with van der Waals surface area (Å²) in [5.74, 6) is 0.0344. The second-order valence-electron chi connectivity index (χ2n) is 8.14. The van der Waals surface area contributed by atoms with Gasteiger partial charge in [-0.1, -0.05) is 12.1 Å². The first-order valence-electron chi connectivity index (χ1n) is 11.3. The van der Waals surface area contributed by atoms with Gasteiger partial charge in [-0.15, -0.1) is 0 Å². The van der Waals surface area contributed by atoms with Crippen molar-refractivity contribution in [2.45, 2.75) is 20.0 Å². The zero-order chi connectivity index (χ0) is 25.0. The Morgan fingerprint density at radius 1 is 1.14 bits per heavy atom. The third-order valence-corrected chi connectivity index (χ3v) is 5.72. The molecule has 1 saturated heterocycles. The molecule has 9 heteroatoms. The van der Waals surface area contributed by atoms with Crippen molar-refractivity contribution < 1.29 is 27.4 Å². The maximum atomic E-state index is 13.0. The number of benzene rings is 2. The van der Waals surface area contributed by atoms with Gasteiger partial charge in [0.1, 0.15) is 5.69 Å². The molecule has 1 aliphatic heterocycles. The number of aromatic nitrogens is 1. The smallest absolute Gasteiger partial charge is 0.416 e. The molecule has 0 unspecified atom stereocenters. The van der Waals surface area contributed by atoms with Crippen molar-refractivity contribution >= 4 is 17.3 Å². The third-order valence-electron chi connectivity index (χ3n) is 5.72. The number of carbonyl (C=O) groups is 1. The van der Waals surface area contributed by atoms with Crippen LogP contribution in [0.1, 0.15) is 28.4 Å². The van der Waals surface area contributed by atoms with Gasteiger partial charge in [-0.25, -0.2) is 4.98 Å². The third kappa shape index (κ3) is 5.74. The van der Waals surface area contributed by atoms with Crippen LogP contribution in [0.3, 0.4) is 0 Å². The van der Waals surface area contributed by atoms with Crippen LogP contribution in [0.4, 0.5) is 24.5 Å². The van der Waals surface area contributed by atoms with E-state index < -0.39 is 17.6 Å². The number of nitrogens with one attached hydrogen (secondary N) is 1. The minimum absolute atomic E-state index is 0.0734. The molecular formula is C26H26F3N3O3. The van der Waals surface area contributed by atoms with Gasteiger partial charge >= 0.3 is 6.18 Å². The van der Waals surface area contributed by atoms with E-state index in [0.717, 1.165) is 34.5 Å². The van der Waals surface area contributed by atoms with E-state index in [1.54, 1.807) is 24.4 Å².